The second kappa shape index (κ2) is 5.79. The minimum atomic E-state index is -0.171. The molecule has 0 atom stereocenters. The van der Waals surface area contributed by atoms with Crippen molar-refractivity contribution in [3.05, 3.63) is 41.1 Å². The minimum Gasteiger partial charge on any atom is -0.507 e. The van der Waals surface area contributed by atoms with Crippen LogP contribution in [0.1, 0.15) is 22.9 Å². The number of aliphatic hydroxyl groups is 1. The molecule has 0 saturated carbocycles. The van der Waals surface area contributed by atoms with Gasteiger partial charge in [0.05, 0.1) is 5.69 Å². The van der Waals surface area contributed by atoms with Crippen LogP contribution in [0.5, 0.6) is 5.75 Å². The Bertz CT molecular complexity index is 630. The lowest BCUT2D eigenvalue weighted by atomic mass is 10.1. The molecular weight excluding hydrogens is 256 g/mol. The number of oxazole rings is 1. The molecule has 0 amide bonds. The summed E-state index contributed by atoms with van der Waals surface area (Å²) in [5.41, 5.74) is 2.27. The summed E-state index contributed by atoms with van der Waals surface area (Å²) in [6, 6.07) is 5.43. The van der Waals surface area contributed by atoms with E-state index in [1.165, 1.54) is 0 Å². The van der Waals surface area contributed by atoms with E-state index in [1.807, 2.05) is 31.1 Å². The normalized spacial score (nSPS) is 11.2. The number of anilines is 1. The van der Waals surface area contributed by atoms with E-state index in [0.717, 1.165) is 5.69 Å². The maximum Gasteiger partial charge on any atom is 0.219 e. The molecule has 0 aliphatic heterocycles. The SMILES string of the molecule is Cc1nc(C=Cc2ccc(N(C)C)cc2O)oc1CO. The summed E-state index contributed by atoms with van der Waals surface area (Å²) in [4.78, 5) is 6.08. The molecule has 2 rings (SSSR count). The molecule has 0 unspecified atom stereocenters. The molecule has 5 heteroatoms. The van der Waals surface area contributed by atoms with Crippen molar-refractivity contribution >= 4 is 17.8 Å². The molecule has 0 radical (unpaired) electrons. The number of phenols is 1. The highest BCUT2D eigenvalue weighted by molar-refractivity contribution is 5.71. The number of nitrogens with zero attached hydrogens (tertiary/aromatic N) is 2. The van der Waals surface area contributed by atoms with Crippen LogP contribution in [0.2, 0.25) is 0 Å². The Hall–Kier alpha value is -2.27. The maximum absolute atomic E-state index is 9.96. The lowest BCUT2D eigenvalue weighted by Gasteiger charge is -2.13. The van der Waals surface area contributed by atoms with Gasteiger partial charge in [-0.05, 0) is 25.1 Å². The lowest BCUT2D eigenvalue weighted by molar-refractivity contribution is 0.245. The van der Waals surface area contributed by atoms with Gasteiger partial charge in [0, 0.05) is 37.5 Å². The van der Waals surface area contributed by atoms with E-state index in [-0.39, 0.29) is 12.4 Å². The third kappa shape index (κ3) is 3.00. The van der Waals surface area contributed by atoms with Crippen molar-refractivity contribution in [1.82, 2.24) is 4.98 Å². The first-order valence-corrected chi connectivity index (χ1v) is 6.27. The van der Waals surface area contributed by atoms with Crippen LogP contribution in [-0.4, -0.2) is 29.3 Å². The number of aliphatic hydroxyl groups excluding tert-OH is 1. The number of aryl methyl sites for hydroxylation is 1. The summed E-state index contributed by atoms with van der Waals surface area (Å²) in [5.74, 6) is 1.05. The van der Waals surface area contributed by atoms with Crippen LogP contribution in [0.3, 0.4) is 0 Å². The third-order valence-corrected chi connectivity index (χ3v) is 2.99. The Morgan fingerprint density at radius 3 is 2.60 bits per heavy atom. The zero-order valence-electron chi connectivity index (χ0n) is 11.8. The van der Waals surface area contributed by atoms with Gasteiger partial charge in [-0.3, -0.25) is 0 Å². The highest BCUT2D eigenvalue weighted by Crippen LogP contribution is 2.25. The standard InChI is InChI=1S/C15H18N2O3/c1-10-14(9-18)20-15(16-10)7-5-11-4-6-12(17(2)3)8-13(11)19/h4-8,18-19H,9H2,1-3H3. The molecule has 0 fully saturated rings. The van der Waals surface area contributed by atoms with Crippen LogP contribution in [0.15, 0.2) is 22.6 Å². The van der Waals surface area contributed by atoms with Crippen LogP contribution >= 0.6 is 0 Å². The van der Waals surface area contributed by atoms with Gasteiger partial charge in [-0.25, -0.2) is 4.98 Å². The summed E-state index contributed by atoms with van der Waals surface area (Å²) >= 11 is 0. The van der Waals surface area contributed by atoms with E-state index < -0.39 is 0 Å². The highest BCUT2D eigenvalue weighted by atomic mass is 16.4. The lowest BCUT2D eigenvalue weighted by Crippen LogP contribution is -2.08. The van der Waals surface area contributed by atoms with Crippen LogP contribution in [0, 0.1) is 6.92 Å². The van der Waals surface area contributed by atoms with E-state index in [2.05, 4.69) is 4.98 Å². The molecule has 0 aliphatic carbocycles. The van der Waals surface area contributed by atoms with E-state index in [1.54, 1.807) is 25.1 Å². The fourth-order valence-electron chi connectivity index (χ4n) is 1.78. The summed E-state index contributed by atoms with van der Waals surface area (Å²) in [6.45, 7) is 1.60. The molecule has 2 N–H and O–H groups in total. The Morgan fingerprint density at radius 1 is 1.30 bits per heavy atom. The Labute approximate surface area is 117 Å². The number of hydrogen-bond acceptors (Lipinski definition) is 5. The zero-order valence-corrected chi connectivity index (χ0v) is 11.8. The number of benzene rings is 1. The topological polar surface area (TPSA) is 69.7 Å². The maximum atomic E-state index is 9.96. The quantitative estimate of drug-likeness (QED) is 0.896. The molecule has 1 aromatic heterocycles. The van der Waals surface area contributed by atoms with Gasteiger partial charge >= 0.3 is 0 Å². The van der Waals surface area contributed by atoms with E-state index in [0.29, 0.717) is 22.9 Å². The Morgan fingerprint density at radius 2 is 2.05 bits per heavy atom. The van der Waals surface area contributed by atoms with Crippen molar-refractivity contribution in [2.75, 3.05) is 19.0 Å². The molecule has 0 saturated heterocycles. The Balaban J connectivity index is 2.22. The van der Waals surface area contributed by atoms with Crippen molar-refractivity contribution < 1.29 is 14.6 Å². The first-order valence-electron chi connectivity index (χ1n) is 6.27. The molecule has 1 aromatic carbocycles. The fraction of sp³-hybridized carbons (Fsp3) is 0.267. The summed E-state index contributed by atoms with van der Waals surface area (Å²) in [7, 11) is 3.83. The van der Waals surface area contributed by atoms with Crippen LogP contribution < -0.4 is 4.90 Å². The minimum absolute atomic E-state index is 0.171. The highest BCUT2D eigenvalue weighted by Gasteiger charge is 2.06. The van der Waals surface area contributed by atoms with Crippen LogP contribution in [0.25, 0.3) is 12.2 Å². The molecule has 5 nitrogen and oxygen atoms in total. The average molecular weight is 274 g/mol. The number of phenolic OH excluding ortho intramolecular Hbond substituents is 1. The van der Waals surface area contributed by atoms with Gasteiger partial charge in [-0.2, -0.15) is 0 Å². The molecule has 2 aromatic rings. The van der Waals surface area contributed by atoms with Crippen molar-refractivity contribution in [1.29, 1.82) is 0 Å². The van der Waals surface area contributed by atoms with Gasteiger partial charge in [0.2, 0.25) is 5.89 Å². The summed E-state index contributed by atoms with van der Waals surface area (Å²) in [6.07, 6.45) is 3.39. The summed E-state index contributed by atoms with van der Waals surface area (Å²) < 4.78 is 5.35. The third-order valence-electron chi connectivity index (χ3n) is 2.99. The number of aromatic nitrogens is 1. The van der Waals surface area contributed by atoms with E-state index >= 15 is 0 Å². The van der Waals surface area contributed by atoms with Gasteiger partial charge in [0.25, 0.3) is 0 Å². The van der Waals surface area contributed by atoms with Gasteiger partial charge in [0.1, 0.15) is 12.4 Å². The smallest absolute Gasteiger partial charge is 0.219 e. The number of hydrogen-bond donors (Lipinski definition) is 2. The van der Waals surface area contributed by atoms with Crippen molar-refractivity contribution in [2.45, 2.75) is 13.5 Å². The van der Waals surface area contributed by atoms with Crippen molar-refractivity contribution in [2.24, 2.45) is 0 Å². The van der Waals surface area contributed by atoms with Crippen molar-refractivity contribution in [3.8, 4) is 5.75 Å². The predicted octanol–water partition coefficient (Wildman–Crippen LogP) is 2.42. The van der Waals surface area contributed by atoms with Gasteiger partial charge < -0.3 is 19.5 Å². The first-order chi connectivity index (χ1) is 9.51. The molecule has 0 aliphatic rings. The van der Waals surface area contributed by atoms with E-state index in [9.17, 15) is 5.11 Å². The van der Waals surface area contributed by atoms with Gasteiger partial charge in [0.15, 0.2) is 5.76 Å². The monoisotopic (exact) mass is 274 g/mol. The second-order valence-electron chi connectivity index (χ2n) is 4.69. The molecule has 20 heavy (non-hydrogen) atoms. The number of rotatable bonds is 4. The Kier molecular flexibility index (Phi) is 4.10. The second-order valence-corrected chi connectivity index (χ2v) is 4.69. The van der Waals surface area contributed by atoms with Gasteiger partial charge in [-0.15, -0.1) is 0 Å². The first kappa shape index (κ1) is 14.1. The van der Waals surface area contributed by atoms with Crippen molar-refractivity contribution in [3.63, 3.8) is 0 Å². The molecule has 106 valence electrons. The van der Waals surface area contributed by atoms with Gasteiger partial charge in [-0.1, -0.05) is 0 Å². The fourth-order valence-corrected chi connectivity index (χ4v) is 1.78. The molecule has 0 spiro atoms. The largest absolute Gasteiger partial charge is 0.507 e. The predicted molar refractivity (Wildman–Crippen MR) is 78.5 cm³/mol. The van der Waals surface area contributed by atoms with Crippen LogP contribution in [0.4, 0.5) is 5.69 Å². The average Bonchev–Trinajstić information content (AvgIpc) is 2.77. The zero-order chi connectivity index (χ0) is 14.7. The molecule has 1 heterocycles. The van der Waals surface area contributed by atoms with E-state index in [4.69, 9.17) is 9.52 Å². The molecule has 0 bridgehead atoms. The van der Waals surface area contributed by atoms with Crippen LogP contribution in [-0.2, 0) is 6.61 Å². The summed E-state index contributed by atoms with van der Waals surface area (Å²) in [5, 5.41) is 19.0. The number of aromatic hydroxyl groups is 1. The molecular formula is C15H18N2O3.